The van der Waals surface area contributed by atoms with Crippen molar-refractivity contribution in [2.75, 3.05) is 19.6 Å². The summed E-state index contributed by atoms with van der Waals surface area (Å²) < 4.78 is 0. The van der Waals surface area contributed by atoms with Crippen LogP contribution in [0.5, 0.6) is 0 Å². The standard InChI is InChI=1S/C12H27NSi/c1-4-14(5-2,6-3)12-11-13-9-7-8-10-13/h4-12H2,1-3H3. The molecule has 0 aromatic carbocycles. The van der Waals surface area contributed by atoms with E-state index in [0.717, 1.165) is 0 Å². The molecule has 0 spiro atoms. The third-order valence-corrected chi connectivity index (χ3v) is 10.2. The normalized spacial score (nSPS) is 19.1. The lowest BCUT2D eigenvalue weighted by Gasteiger charge is -2.30. The highest BCUT2D eigenvalue weighted by atomic mass is 28.3. The minimum absolute atomic E-state index is 0.827. The van der Waals surface area contributed by atoms with Gasteiger partial charge in [0.25, 0.3) is 0 Å². The zero-order valence-electron chi connectivity index (χ0n) is 10.3. The van der Waals surface area contributed by atoms with Crippen molar-refractivity contribution < 1.29 is 0 Å². The van der Waals surface area contributed by atoms with Crippen LogP contribution in [0.1, 0.15) is 33.6 Å². The monoisotopic (exact) mass is 213 g/mol. The summed E-state index contributed by atoms with van der Waals surface area (Å²) in [5, 5.41) is 0. The molecule has 0 amide bonds. The van der Waals surface area contributed by atoms with Gasteiger partial charge >= 0.3 is 0 Å². The van der Waals surface area contributed by atoms with E-state index in [4.69, 9.17) is 0 Å². The summed E-state index contributed by atoms with van der Waals surface area (Å²) in [7, 11) is -0.827. The predicted octanol–water partition coefficient (Wildman–Crippen LogP) is 3.59. The molecule has 1 aliphatic heterocycles. The van der Waals surface area contributed by atoms with Crippen molar-refractivity contribution >= 4 is 8.07 Å². The molecule has 1 heterocycles. The van der Waals surface area contributed by atoms with E-state index in [1.807, 2.05) is 0 Å². The van der Waals surface area contributed by atoms with Gasteiger partial charge < -0.3 is 4.90 Å². The minimum Gasteiger partial charge on any atom is -0.304 e. The van der Waals surface area contributed by atoms with Crippen molar-refractivity contribution in [1.82, 2.24) is 4.90 Å². The molecule has 0 atom stereocenters. The average molecular weight is 213 g/mol. The molecule has 14 heavy (non-hydrogen) atoms. The van der Waals surface area contributed by atoms with Gasteiger partial charge in [-0.15, -0.1) is 0 Å². The lowest BCUT2D eigenvalue weighted by Crippen LogP contribution is -2.36. The maximum Gasteiger partial charge on any atom is 0.0540 e. The molecular formula is C12H27NSi. The van der Waals surface area contributed by atoms with Crippen molar-refractivity contribution in [2.45, 2.75) is 57.8 Å². The van der Waals surface area contributed by atoms with Crippen LogP contribution in [0.4, 0.5) is 0 Å². The van der Waals surface area contributed by atoms with Crippen LogP contribution in [0, 0.1) is 0 Å². The SMILES string of the molecule is CC[Si](CC)(CC)CCN1CCCC1. The Balaban J connectivity index is 2.31. The molecule has 1 fully saturated rings. The Morgan fingerprint density at radius 2 is 1.43 bits per heavy atom. The van der Waals surface area contributed by atoms with Crippen LogP contribution < -0.4 is 0 Å². The second kappa shape index (κ2) is 5.91. The van der Waals surface area contributed by atoms with Crippen LogP contribution in [0.15, 0.2) is 0 Å². The Labute approximate surface area is 90.9 Å². The molecule has 0 unspecified atom stereocenters. The molecule has 1 saturated heterocycles. The van der Waals surface area contributed by atoms with Crippen molar-refractivity contribution in [3.8, 4) is 0 Å². The van der Waals surface area contributed by atoms with Gasteiger partial charge in [0, 0.05) is 0 Å². The minimum atomic E-state index is -0.827. The third kappa shape index (κ3) is 3.09. The largest absolute Gasteiger partial charge is 0.304 e. The number of likely N-dealkylation sites (tertiary alicyclic amines) is 1. The fourth-order valence-electron chi connectivity index (χ4n) is 2.68. The van der Waals surface area contributed by atoms with Gasteiger partial charge in [0.05, 0.1) is 8.07 Å². The average Bonchev–Trinajstić information content (AvgIpc) is 2.74. The molecule has 0 saturated carbocycles. The van der Waals surface area contributed by atoms with Gasteiger partial charge in [-0.05, 0) is 38.5 Å². The lowest BCUT2D eigenvalue weighted by molar-refractivity contribution is 0.356. The highest BCUT2D eigenvalue weighted by molar-refractivity contribution is 6.79. The summed E-state index contributed by atoms with van der Waals surface area (Å²) in [4.78, 5) is 2.68. The Morgan fingerprint density at radius 1 is 0.929 bits per heavy atom. The van der Waals surface area contributed by atoms with Gasteiger partial charge in [0.2, 0.25) is 0 Å². The van der Waals surface area contributed by atoms with E-state index in [0.29, 0.717) is 0 Å². The number of rotatable bonds is 6. The molecule has 0 radical (unpaired) electrons. The van der Waals surface area contributed by atoms with Crippen molar-refractivity contribution in [3.63, 3.8) is 0 Å². The van der Waals surface area contributed by atoms with E-state index in [1.165, 1.54) is 50.6 Å². The molecule has 84 valence electrons. The maximum absolute atomic E-state index is 2.68. The van der Waals surface area contributed by atoms with E-state index in [9.17, 15) is 0 Å². The lowest BCUT2D eigenvalue weighted by atomic mass is 10.4. The third-order valence-electron chi connectivity index (χ3n) is 4.41. The maximum atomic E-state index is 2.68. The predicted molar refractivity (Wildman–Crippen MR) is 67.7 cm³/mol. The molecule has 2 heteroatoms. The Hall–Kier alpha value is 0.177. The van der Waals surface area contributed by atoms with E-state index in [-0.39, 0.29) is 0 Å². The van der Waals surface area contributed by atoms with E-state index in [1.54, 1.807) is 6.04 Å². The van der Waals surface area contributed by atoms with Gasteiger partial charge in [-0.1, -0.05) is 38.9 Å². The van der Waals surface area contributed by atoms with E-state index in [2.05, 4.69) is 25.7 Å². The quantitative estimate of drug-likeness (QED) is 0.610. The van der Waals surface area contributed by atoms with Gasteiger partial charge in [0.15, 0.2) is 0 Å². The van der Waals surface area contributed by atoms with Gasteiger partial charge in [-0.3, -0.25) is 0 Å². The summed E-state index contributed by atoms with van der Waals surface area (Å²) in [5.41, 5.74) is 0. The summed E-state index contributed by atoms with van der Waals surface area (Å²) >= 11 is 0. The first-order chi connectivity index (χ1) is 6.76. The number of hydrogen-bond acceptors (Lipinski definition) is 1. The van der Waals surface area contributed by atoms with E-state index < -0.39 is 8.07 Å². The summed E-state index contributed by atoms with van der Waals surface area (Å²) in [6, 6.07) is 6.03. The van der Waals surface area contributed by atoms with Crippen molar-refractivity contribution in [2.24, 2.45) is 0 Å². The second-order valence-corrected chi connectivity index (χ2v) is 10.5. The Morgan fingerprint density at radius 3 is 1.86 bits per heavy atom. The van der Waals surface area contributed by atoms with Crippen molar-refractivity contribution in [3.05, 3.63) is 0 Å². The highest BCUT2D eigenvalue weighted by Crippen LogP contribution is 2.25. The molecular weight excluding hydrogens is 186 g/mol. The Kier molecular flexibility index (Phi) is 5.17. The molecule has 1 rings (SSSR count). The first-order valence-corrected chi connectivity index (χ1v) is 9.31. The fourth-order valence-corrected chi connectivity index (χ4v) is 6.03. The first-order valence-electron chi connectivity index (χ1n) is 6.48. The molecule has 0 aromatic rings. The number of nitrogens with zero attached hydrogens (tertiary/aromatic N) is 1. The van der Waals surface area contributed by atoms with Crippen LogP contribution in [-0.4, -0.2) is 32.6 Å². The first kappa shape index (κ1) is 12.2. The van der Waals surface area contributed by atoms with Crippen molar-refractivity contribution in [1.29, 1.82) is 0 Å². The molecule has 1 nitrogen and oxygen atoms in total. The van der Waals surface area contributed by atoms with Gasteiger partial charge in [0.1, 0.15) is 0 Å². The number of hydrogen-bond donors (Lipinski definition) is 0. The fraction of sp³-hybridized carbons (Fsp3) is 1.00. The van der Waals surface area contributed by atoms with Gasteiger partial charge in [-0.2, -0.15) is 0 Å². The van der Waals surface area contributed by atoms with E-state index >= 15 is 0 Å². The molecule has 0 N–H and O–H groups in total. The van der Waals surface area contributed by atoms with Crippen LogP contribution >= 0.6 is 0 Å². The summed E-state index contributed by atoms with van der Waals surface area (Å²) in [6.45, 7) is 11.4. The highest BCUT2D eigenvalue weighted by Gasteiger charge is 2.27. The van der Waals surface area contributed by atoms with Crippen LogP contribution in [0.2, 0.25) is 24.2 Å². The Bertz CT molecular complexity index is 140. The smallest absolute Gasteiger partial charge is 0.0540 e. The molecule has 0 aliphatic carbocycles. The van der Waals surface area contributed by atoms with Gasteiger partial charge in [-0.25, -0.2) is 0 Å². The topological polar surface area (TPSA) is 3.24 Å². The molecule has 0 bridgehead atoms. The summed E-state index contributed by atoms with van der Waals surface area (Å²) in [5.74, 6) is 0. The summed E-state index contributed by atoms with van der Waals surface area (Å²) in [6.07, 6.45) is 2.89. The zero-order chi connectivity index (χ0) is 10.4. The second-order valence-electron chi connectivity index (χ2n) is 4.86. The van der Waals surface area contributed by atoms with Crippen LogP contribution in [0.25, 0.3) is 0 Å². The van der Waals surface area contributed by atoms with Crippen LogP contribution in [-0.2, 0) is 0 Å². The molecule has 0 aromatic heterocycles. The zero-order valence-corrected chi connectivity index (χ0v) is 11.3. The molecule has 1 aliphatic rings. The van der Waals surface area contributed by atoms with Crippen LogP contribution in [0.3, 0.4) is 0 Å².